The van der Waals surface area contributed by atoms with Gasteiger partial charge < -0.3 is 10.6 Å². The highest BCUT2D eigenvalue weighted by atomic mass is 79.9. The molecule has 0 fully saturated rings. The van der Waals surface area contributed by atoms with Gasteiger partial charge >= 0.3 is 6.18 Å². The topological polar surface area (TPSA) is 29.3 Å². The van der Waals surface area contributed by atoms with Crippen LogP contribution in [0.3, 0.4) is 0 Å². The number of nitrogens with two attached hydrogens (primary N) is 1. The Hall–Kier alpha value is -0.750. The first kappa shape index (κ1) is 15.3. The fourth-order valence-electron chi connectivity index (χ4n) is 1.64. The highest BCUT2D eigenvalue weighted by Gasteiger charge is 2.31. The molecule has 0 aliphatic carbocycles. The molecule has 6 heteroatoms. The van der Waals surface area contributed by atoms with Gasteiger partial charge in [-0.15, -0.1) is 0 Å². The SMILES string of the molecule is CC(CCN)N(C)c1ccc(C(F)(F)F)cc1Br. The van der Waals surface area contributed by atoms with Gasteiger partial charge in [-0.1, -0.05) is 0 Å². The smallest absolute Gasteiger partial charge is 0.371 e. The Kier molecular flexibility index (Phi) is 5.04. The molecule has 2 N–H and O–H groups in total. The van der Waals surface area contributed by atoms with Crippen molar-refractivity contribution in [2.45, 2.75) is 25.6 Å². The molecular weight excluding hydrogens is 309 g/mol. The Morgan fingerprint density at radius 2 is 2.00 bits per heavy atom. The average molecular weight is 325 g/mol. The molecule has 0 heterocycles. The van der Waals surface area contributed by atoms with Gasteiger partial charge in [-0.2, -0.15) is 13.2 Å². The molecular formula is C12H16BrF3N2. The molecule has 0 radical (unpaired) electrons. The molecule has 0 aliphatic heterocycles. The number of hydrogen-bond donors (Lipinski definition) is 1. The average Bonchev–Trinajstić information content (AvgIpc) is 2.27. The zero-order valence-corrected chi connectivity index (χ0v) is 11.8. The van der Waals surface area contributed by atoms with Crippen LogP contribution in [-0.4, -0.2) is 19.6 Å². The molecule has 0 aromatic heterocycles. The third-order valence-electron chi connectivity index (χ3n) is 2.90. The van der Waals surface area contributed by atoms with E-state index in [9.17, 15) is 13.2 Å². The van der Waals surface area contributed by atoms with E-state index < -0.39 is 11.7 Å². The largest absolute Gasteiger partial charge is 0.416 e. The predicted molar refractivity (Wildman–Crippen MR) is 70.7 cm³/mol. The first-order valence-corrected chi connectivity index (χ1v) is 6.36. The van der Waals surface area contributed by atoms with Gasteiger partial charge in [-0.05, 0) is 54.0 Å². The number of hydrogen-bond acceptors (Lipinski definition) is 2. The first-order chi connectivity index (χ1) is 8.27. The van der Waals surface area contributed by atoms with Crippen LogP contribution in [0.5, 0.6) is 0 Å². The molecule has 0 spiro atoms. The second kappa shape index (κ2) is 5.93. The predicted octanol–water partition coefficient (Wildman–Crippen LogP) is 3.64. The summed E-state index contributed by atoms with van der Waals surface area (Å²) in [5, 5.41) is 0. The lowest BCUT2D eigenvalue weighted by atomic mass is 10.1. The van der Waals surface area contributed by atoms with Crippen molar-refractivity contribution in [3.63, 3.8) is 0 Å². The van der Waals surface area contributed by atoms with Crippen LogP contribution in [0.4, 0.5) is 18.9 Å². The number of alkyl halides is 3. The van der Waals surface area contributed by atoms with Gasteiger partial charge in [0.05, 0.1) is 11.3 Å². The van der Waals surface area contributed by atoms with E-state index in [4.69, 9.17) is 5.73 Å². The van der Waals surface area contributed by atoms with Crippen LogP contribution in [0, 0.1) is 0 Å². The van der Waals surface area contributed by atoms with Crippen molar-refractivity contribution in [3.05, 3.63) is 28.2 Å². The van der Waals surface area contributed by atoms with Crippen molar-refractivity contribution in [1.29, 1.82) is 0 Å². The molecule has 0 amide bonds. The summed E-state index contributed by atoms with van der Waals surface area (Å²) >= 11 is 3.19. The van der Waals surface area contributed by atoms with Crippen molar-refractivity contribution >= 4 is 21.6 Å². The van der Waals surface area contributed by atoms with Crippen molar-refractivity contribution in [2.24, 2.45) is 5.73 Å². The fourth-order valence-corrected chi connectivity index (χ4v) is 2.30. The Morgan fingerprint density at radius 1 is 1.39 bits per heavy atom. The normalized spacial score (nSPS) is 13.5. The van der Waals surface area contributed by atoms with Gasteiger partial charge in [-0.25, -0.2) is 0 Å². The van der Waals surface area contributed by atoms with E-state index in [1.807, 2.05) is 18.9 Å². The molecule has 1 atom stereocenters. The van der Waals surface area contributed by atoms with E-state index in [0.29, 0.717) is 11.0 Å². The lowest BCUT2D eigenvalue weighted by molar-refractivity contribution is -0.137. The Morgan fingerprint density at radius 3 is 2.44 bits per heavy atom. The summed E-state index contributed by atoms with van der Waals surface area (Å²) in [5.41, 5.74) is 5.55. The van der Waals surface area contributed by atoms with Crippen molar-refractivity contribution in [2.75, 3.05) is 18.5 Å². The van der Waals surface area contributed by atoms with E-state index in [1.54, 1.807) is 0 Å². The fraction of sp³-hybridized carbons (Fsp3) is 0.500. The monoisotopic (exact) mass is 324 g/mol. The zero-order valence-electron chi connectivity index (χ0n) is 10.3. The van der Waals surface area contributed by atoms with E-state index >= 15 is 0 Å². The molecule has 102 valence electrons. The van der Waals surface area contributed by atoms with Gasteiger partial charge in [0.2, 0.25) is 0 Å². The standard InChI is InChI=1S/C12H16BrF3N2/c1-8(5-6-17)18(2)11-4-3-9(7-10(11)13)12(14,15)16/h3-4,7-8H,5-6,17H2,1-2H3. The quantitative estimate of drug-likeness (QED) is 0.916. The summed E-state index contributed by atoms with van der Waals surface area (Å²) < 4.78 is 38.0. The van der Waals surface area contributed by atoms with Crippen molar-refractivity contribution in [1.82, 2.24) is 0 Å². The Bertz CT molecular complexity index is 407. The minimum atomic E-state index is -4.32. The van der Waals surface area contributed by atoms with Crippen LogP contribution < -0.4 is 10.6 Å². The van der Waals surface area contributed by atoms with Crippen LogP contribution in [0.1, 0.15) is 18.9 Å². The Labute approximate surface area is 113 Å². The van der Waals surface area contributed by atoms with Crippen LogP contribution in [0.15, 0.2) is 22.7 Å². The molecule has 1 aromatic carbocycles. The molecule has 1 aromatic rings. The van der Waals surface area contributed by atoms with Gasteiger partial charge in [0, 0.05) is 17.6 Å². The third kappa shape index (κ3) is 3.62. The molecule has 0 bridgehead atoms. The maximum atomic E-state index is 12.5. The van der Waals surface area contributed by atoms with E-state index in [0.717, 1.165) is 24.2 Å². The zero-order chi connectivity index (χ0) is 13.9. The number of nitrogens with zero attached hydrogens (tertiary/aromatic N) is 1. The highest BCUT2D eigenvalue weighted by Crippen LogP contribution is 2.35. The second-order valence-electron chi connectivity index (χ2n) is 4.20. The minimum Gasteiger partial charge on any atom is -0.371 e. The summed E-state index contributed by atoms with van der Waals surface area (Å²) in [7, 11) is 1.84. The number of anilines is 1. The molecule has 18 heavy (non-hydrogen) atoms. The summed E-state index contributed by atoms with van der Waals surface area (Å²) in [5.74, 6) is 0. The number of halogens is 4. The lowest BCUT2D eigenvalue weighted by Gasteiger charge is -2.28. The van der Waals surface area contributed by atoms with Crippen LogP contribution in [-0.2, 0) is 6.18 Å². The van der Waals surface area contributed by atoms with E-state index in [1.165, 1.54) is 6.07 Å². The van der Waals surface area contributed by atoms with Crippen LogP contribution in [0.25, 0.3) is 0 Å². The van der Waals surface area contributed by atoms with Crippen molar-refractivity contribution < 1.29 is 13.2 Å². The maximum absolute atomic E-state index is 12.5. The van der Waals surface area contributed by atoms with Crippen molar-refractivity contribution in [3.8, 4) is 0 Å². The van der Waals surface area contributed by atoms with Gasteiger partial charge in [-0.3, -0.25) is 0 Å². The van der Waals surface area contributed by atoms with E-state index in [-0.39, 0.29) is 6.04 Å². The lowest BCUT2D eigenvalue weighted by Crippen LogP contribution is -2.31. The van der Waals surface area contributed by atoms with Gasteiger partial charge in [0.15, 0.2) is 0 Å². The molecule has 2 nitrogen and oxygen atoms in total. The van der Waals surface area contributed by atoms with Crippen LogP contribution >= 0.6 is 15.9 Å². The summed E-state index contributed by atoms with van der Waals surface area (Å²) in [6, 6.07) is 3.83. The number of benzene rings is 1. The van der Waals surface area contributed by atoms with Gasteiger partial charge in [0.25, 0.3) is 0 Å². The maximum Gasteiger partial charge on any atom is 0.416 e. The highest BCUT2D eigenvalue weighted by molar-refractivity contribution is 9.10. The molecule has 1 unspecified atom stereocenters. The summed E-state index contributed by atoms with van der Waals surface area (Å²) in [4.78, 5) is 1.91. The third-order valence-corrected chi connectivity index (χ3v) is 3.54. The molecule has 0 aliphatic rings. The molecule has 0 saturated carbocycles. The Balaban J connectivity index is 2.99. The van der Waals surface area contributed by atoms with Crippen LogP contribution in [0.2, 0.25) is 0 Å². The summed E-state index contributed by atoms with van der Waals surface area (Å²) in [6.07, 6.45) is -3.54. The second-order valence-corrected chi connectivity index (χ2v) is 5.06. The molecule has 1 rings (SSSR count). The molecule has 0 saturated heterocycles. The summed E-state index contributed by atoms with van der Waals surface area (Å²) in [6.45, 7) is 2.53. The number of rotatable bonds is 4. The van der Waals surface area contributed by atoms with E-state index in [2.05, 4.69) is 15.9 Å². The first-order valence-electron chi connectivity index (χ1n) is 5.57. The van der Waals surface area contributed by atoms with Gasteiger partial charge in [0.1, 0.15) is 0 Å². The minimum absolute atomic E-state index is 0.169.